The number of nitrogens with zero attached hydrogens (tertiary/aromatic N) is 1. The van der Waals surface area contributed by atoms with Gasteiger partial charge >= 0.3 is 0 Å². The summed E-state index contributed by atoms with van der Waals surface area (Å²) in [5.74, 6) is -0.171. The fraction of sp³-hybridized carbons (Fsp3) is 0.316. The van der Waals surface area contributed by atoms with Gasteiger partial charge in [-0.1, -0.05) is 48.5 Å². The molecule has 1 fully saturated rings. The molecule has 2 atom stereocenters. The van der Waals surface area contributed by atoms with Gasteiger partial charge in [0, 0.05) is 37.2 Å². The van der Waals surface area contributed by atoms with Crippen LogP contribution < -0.4 is 11.1 Å². The molecule has 3 N–H and O–H groups in total. The molecule has 0 unspecified atom stereocenters. The van der Waals surface area contributed by atoms with Crippen LogP contribution in [0, 0.1) is 5.82 Å². The Morgan fingerprint density at radius 1 is 1.12 bits per heavy atom. The molecule has 0 bridgehead atoms. The third kappa shape index (κ3) is 3.99. The van der Waals surface area contributed by atoms with Gasteiger partial charge in [0.1, 0.15) is 5.82 Å². The Bertz CT molecular complexity index is 692. The maximum atomic E-state index is 13.6. The number of carbonyl (C=O) groups is 1. The molecule has 0 aromatic heterocycles. The lowest BCUT2D eigenvalue weighted by Crippen LogP contribution is -2.37. The lowest BCUT2D eigenvalue weighted by Gasteiger charge is -2.16. The number of likely N-dealkylation sites (tertiary alicyclic amines) is 1. The highest BCUT2D eigenvalue weighted by molar-refractivity contribution is 5.78. The topological polar surface area (TPSA) is 58.4 Å². The summed E-state index contributed by atoms with van der Waals surface area (Å²) in [6, 6.07) is 16.6. The van der Waals surface area contributed by atoms with Gasteiger partial charge < -0.3 is 11.1 Å². The van der Waals surface area contributed by atoms with E-state index in [-0.39, 0.29) is 36.8 Å². The van der Waals surface area contributed by atoms with E-state index in [1.807, 2.05) is 18.2 Å². The van der Waals surface area contributed by atoms with Crippen LogP contribution >= 0.6 is 0 Å². The van der Waals surface area contributed by atoms with Crippen LogP contribution in [0.15, 0.2) is 54.6 Å². The molecule has 5 heteroatoms. The molecule has 2 aromatic carbocycles. The largest absolute Gasteiger partial charge is 0.351 e. The van der Waals surface area contributed by atoms with Crippen molar-refractivity contribution >= 4 is 5.91 Å². The number of nitrogens with two attached hydrogens (primary N) is 1. The van der Waals surface area contributed by atoms with Crippen LogP contribution in [-0.2, 0) is 11.3 Å². The fourth-order valence-corrected chi connectivity index (χ4v) is 3.19. The van der Waals surface area contributed by atoms with E-state index in [1.165, 1.54) is 11.6 Å². The van der Waals surface area contributed by atoms with Crippen LogP contribution in [0.4, 0.5) is 4.39 Å². The molecule has 0 aliphatic carbocycles. The Balaban J connectivity index is 1.51. The van der Waals surface area contributed by atoms with Crippen LogP contribution in [0.1, 0.15) is 17.0 Å². The number of carbonyl (C=O) groups excluding carboxylic acids is 1. The molecular formula is C19H22FN3O. The predicted octanol–water partition coefficient (Wildman–Crippen LogP) is 1.87. The Kier molecular flexibility index (Phi) is 5.23. The third-order valence-corrected chi connectivity index (χ3v) is 4.47. The first-order chi connectivity index (χ1) is 11.6. The van der Waals surface area contributed by atoms with Gasteiger partial charge in [-0.15, -0.1) is 0 Å². The van der Waals surface area contributed by atoms with E-state index < -0.39 is 0 Å². The zero-order valence-electron chi connectivity index (χ0n) is 13.5. The van der Waals surface area contributed by atoms with E-state index >= 15 is 0 Å². The molecule has 3 rings (SSSR count). The average molecular weight is 327 g/mol. The minimum Gasteiger partial charge on any atom is -0.351 e. The third-order valence-electron chi connectivity index (χ3n) is 4.47. The molecule has 2 aromatic rings. The van der Waals surface area contributed by atoms with E-state index in [0.717, 1.165) is 6.54 Å². The first kappa shape index (κ1) is 16.6. The molecule has 24 heavy (non-hydrogen) atoms. The minimum atomic E-state index is -0.301. The van der Waals surface area contributed by atoms with E-state index in [4.69, 9.17) is 5.73 Å². The molecule has 0 radical (unpaired) electrons. The van der Waals surface area contributed by atoms with Crippen molar-refractivity contribution in [2.24, 2.45) is 5.73 Å². The Morgan fingerprint density at radius 3 is 2.58 bits per heavy atom. The van der Waals surface area contributed by atoms with Crippen LogP contribution in [0.2, 0.25) is 0 Å². The number of halogens is 1. The molecular weight excluding hydrogens is 305 g/mol. The second-order valence-electron chi connectivity index (χ2n) is 6.24. The SMILES string of the molecule is N[C@@H]1CN(CC(=O)NCc2ccccc2F)C[C@H]1c1ccccc1. The average Bonchev–Trinajstić information content (AvgIpc) is 2.95. The Morgan fingerprint density at radius 2 is 1.83 bits per heavy atom. The molecule has 1 amide bonds. The quantitative estimate of drug-likeness (QED) is 0.881. The fourth-order valence-electron chi connectivity index (χ4n) is 3.19. The lowest BCUT2D eigenvalue weighted by molar-refractivity contribution is -0.122. The second-order valence-corrected chi connectivity index (χ2v) is 6.24. The summed E-state index contributed by atoms with van der Waals surface area (Å²) in [5.41, 5.74) is 7.94. The van der Waals surface area contributed by atoms with Crippen molar-refractivity contribution in [3.8, 4) is 0 Å². The Hall–Kier alpha value is -2.24. The first-order valence-electron chi connectivity index (χ1n) is 8.16. The summed E-state index contributed by atoms with van der Waals surface area (Å²) in [5, 5.41) is 2.77. The lowest BCUT2D eigenvalue weighted by atomic mass is 9.95. The van der Waals surface area contributed by atoms with E-state index in [2.05, 4.69) is 22.3 Å². The highest BCUT2D eigenvalue weighted by Crippen LogP contribution is 2.25. The molecule has 1 heterocycles. The Labute approximate surface area is 141 Å². The van der Waals surface area contributed by atoms with Crippen molar-refractivity contribution in [2.45, 2.75) is 18.5 Å². The van der Waals surface area contributed by atoms with Crippen molar-refractivity contribution in [2.75, 3.05) is 19.6 Å². The number of hydrogen-bond donors (Lipinski definition) is 2. The second kappa shape index (κ2) is 7.55. The zero-order valence-corrected chi connectivity index (χ0v) is 13.5. The summed E-state index contributed by atoms with van der Waals surface area (Å²) in [6.07, 6.45) is 0. The molecule has 1 saturated heterocycles. The van der Waals surface area contributed by atoms with Gasteiger partial charge in [-0.2, -0.15) is 0 Å². The van der Waals surface area contributed by atoms with Crippen molar-refractivity contribution in [1.29, 1.82) is 0 Å². The highest BCUT2D eigenvalue weighted by Gasteiger charge is 2.31. The van der Waals surface area contributed by atoms with Crippen LogP contribution in [0.3, 0.4) is 0 Å². The van der Waals surface area contributed by atoms with Crippen molar-refractivity contribution in [1.82, 2.24) is 10.2 Å². The van der Waals surface area contributed by atoms with Crippen molar-refractivity contribution < 1.29 is 9.18 Å². The van der Waals surface area contributed by atoms with Gasteiger partial charge in [0.05, 0.1) is 6.54 Å². The summed E-state index contributed by atoms with van der Waals surface area (Å²) in [7, 11) is 0. The van der Waals surface area contributed by atoms with E-state index in [1.54, 1.807) is 18.2 Å². The van der Waals surface area contributed by atoms with Crippen LogP contribution in [-0.4, -0.2) is 36.5 Å². The summed E-state index contributed by atoms with van der Waals surface area (Å²) in [6.45, 7) is 1.93. The van der Waals surface area contributed by atoms with Crippen LogP contribution in [0.25, 0.3) is 0 Å². The highest BCUT2D eigenvalue weighted by atomic mass is 19.1. The summed E-state index contributed by atoms with van der Waals surface area (Å²) >= 11 is 0. The van der Waals surface area contributed by atoms with Gasteiger partial charge in [-0.3, -0.25) is 9.69 Å². The monoisotopic (exact) mass is 327 g/mol. The van der Waals surface area contributed by atoms with Gasteiger partial charge in [0.2, 0.25) is 5.91 Å². The predicted molar refractivity (Wildman–Crippen MR) is 91.8 cm³/mol. The molecule has 1 aliphatic heterocycles. The number of nitrogens with one attached hydrogen (secondary N) is 1. The normalized spacial score (nSPS) is 20.9. The van der Waals surface area contributed by atoms with Crippen molar-refractivity contribution in [3.05, 3.63) is 71.5 Å². The molecule has 126 valence electrons. The maximum absolute atomic E-state index is 13.6. The molecule has 0 spiro atoms. The zero-order chi connectivity index (χ0) is 16.9. The maximum Gasteiger partial charge on any atom is 0.234 e. The van der Waals surface area contributed by atoms with E-state index in [0.29, 0.717) is 12.1 Å². The number of benzene rings is 2. The van der Waals surface area contributed by atoms with Crippen LogP contribution in [0.5, 0.6) is 0 Å². The number of hydrogen-bond acceptors (Lipinski definition) is 3. The first-order valence-corrected chi connectivity index (χ1v) is 8.16. The number of amides is 1. The summed E-state index contributed by atoms with van der Waals surface area (Å²) < 4.78 is 13.6. The van der Waals surface area contributed by atoms with Crippen molar-refractivity contribution in [3.63, 3.8) is 0 Å². The van der Waals surface area contributed by atoms with E-state index in [9.17, 15) is 9.18 Å². The van der Waals surface area contributed by atoms with Gasteiger partial charge in [0.15, 0.2) is 0 Å². The molecule has 4 nitrogen and oxygen atoms in total. The summed E-state index contributed by atoms with van der Waals surface area (Å²) in [4.78, 5) is 14.2. The number of rotatable bonds is 5. The van der Waals surface area contributed by atoms with Gasteiger partial charge in [-0.05, 0) is 11.6 Å². The van der Waals surface area contributed by atoms with Gasteiger partial charge in [0.25, 0.3) is 0 Å². The minimum absolute atomic E-state index is 0.0202. The molecule has 0 saturated carbocycles. The smallest absolute Gasteiger partial charge is 0.234 e. The molecule has 1 aliphatic rings. The standard InChI is InChI=1S/C19H22FN3O/c20-17-9-5-4-8-15(17)10-22-19(24)13-23-11-16(18(21)12-23)14-6-2-1-3-7-14/h1-9,16,18H,10-13,21H2,(H,22,24)/t16-,18+/m0/s1. The van der Waals surface area contributed by atoms with Gasteiger partial charge in [-0.25, -0.2) is 4.39 Å².